The topological polar surface area (TPSA) is 59.3 Å². The van der Waals surface area contributed by atoms with Gasteiger partial charge >= 0.3 is 0 Å². The van der Waals surface area contributed by atoms with E-state index in [-0.39, 0.29) is 23.2 Å². The molecule has 1 N–H and O–H groups in total. The van der Waals surface area contributed by atoms with Gasteiger partial charge in [-0.15, -0.1) is 0 Å². The van der Waals surface area contributed by atoms with Gasteiger partial charge in [0.2, 0.25) is 0 Å². The Balaban J connectivity index is 2.18. The summed E-state index contributed by atoms with van der Waals surface area (Å²) in [6, 6.07) is 9.74. The summed E-state index contributed by atoms with van der Waals surface area (Å²) in [7, 11) is 0. The molecule has 0 fully saturated rings. The van der Waals surface area contributed by atoms with Gasteiger partial charge in [0.1, 0.15) is 11.5 Å². The Bertz CT molecular complexity index is 970. The number of hydrogen-bond donors (Lipinski definition) is 1. The Morgan fingerprint density at radius 3 is 2.48 bits per heavy atom. The van der Waals surface area contributed by atoms with E-state index in [1.807, 2.05) is 19.9 Å². The first kappa shape index (κ1) is 19.0. The smallest absolute Gasteiger partial charge is 0.270 e. The van der Waals surface area contributed by atoms with Gasteiger partial charge in [-0.1, -0.05) is 27.7 Å². The Morgan fingerprint density at radius 1 is 1.22 bits per heavy atom. The Labute approximate surface area is 158 Å². The highest BCUT2D eigenvalue weighted by atomic mass is 19.1. The van der Waals surface area contributed by atoms with E-state index in [1.165, 1.54) is 12.1 Å². The molecule has 1 atom stereocenters. The van der Waals surface area contributed by atoms with Crippen LogP contribution in [-0.2, 0) is 5.41 Å². The molecule has 3 aromatic rings. The number of halogens is 1. The van der Waals surface area contributed by atoms with E-state index in [1.54, 1.807) is 22.7 Å². The number of benzene rings is 1. The number of aromatic nitrogens is 3. The van der Waals surface area contributed by atoms with E-state index in [9.17, 15) is 9.18 Å². The van der Waals surface area contributed by atoms with Crippen LogP contribution < -0.4 is 5.32 Å². The summed E-state index contributed by atoms with van der Waals surface area (Å²) in [6.07, 6.45) is 0.830. The van der Waals surface area contributed by atoms with Crippen LogP contribution >= 0.6 is 0 Å². The van der Waals surface area contributed by atoms with Gasteiger partial charge in [0.05, 0.1) is 11.4 Å². The van der Waals surface area contributed by atoms with Gasteiger partial charge in [0, 0.05) is 23.1 Å². The van der Waals surface area contributed by atoms with Gasteiger partial charge in [-0.05, 0) is 43.7 Å². The molecule has 1 amide bonds. The summed E-state index contributed by atoms with van der Waals surface area (Å²) < 4.78 is 14.9. The molecule has 0 spiro atoms. The summed E-state index contributed by atoms with van der Waals surface area (Å²) in [5, 5.41) is 7.61. The first-order valence-electron chi connectivity index (χ1n) is 9.17. The summed E-state index contributed by atoms with van der Waals surface area (Å²) in [6.45, 7) is 10.2. The number of rotatable bonds is 4. The van der Waals surface area contributed by atoms with Crippen LogP contribution in [0.2, 0.25) is 0 Å². The molecule has 0 radical (unpaired) electrons. The van der Waals surface area contributed by atoms with Crippen molar-refractivity contribution in [3.63, 3.8) is 0 Å². The minimum atomic E-state index is -0.311. The van der Waals surface area contributed by atoms with E-state index < -0.39 is 0 Å². The lowest BCUT2D eigenvalue weighted by molar-refractivity contribution is 0.0931. The van der Waals surface area contributed by atoms with Crippen molar-refractivity contribution in [2.75, 3.05) is 0 Å². The van der Waals surface area contributed by atoms with E-state index in [2.05, 4.69) is 36.2 Å². The molecule has 0 aliphatic carbocycles. The minimum absolute atomic E-state index is 0.0487. The lowest BCUT2D eigenvalue weighted by atomic mass is 9.93. The maximum absolute atomic E-state index is 13.3. The van der Waals surface area contributed by atoms with Crippen LogP contribution in [0.5, 0.6) is 0 Å². The molecule has 142 valence electrons. The van der Waals surface area contributed by atoms with Crippen LogP contribution in [-0.4, -0.2) is 26.5 Å². The number of carbonyl (C=O) groups is 1. The zero-order valence-corrected chi connectivity index (χ0v) is 16.4. The van der Waals surface area contributed by atoms with Crippen molar-refractivity contribution in [2.45, 2.75) is 52.5 Å². The monoisotopic (exact) mass is 368 g/mol. The number of carbonyl (C=O) groups excluding carboxylic acids is 1. The predicted molar refractivity (Wildman–Crippen MR) is 104 cm³/mol. The SMILES string of the molecule is CCC(C)NC(=O)c1cc(-c2ccc(F)cc2)nc2cc(C(C)(C)C)nn12. The number of hydrogen-bond acceptors (Lipinski definition) is 3. The van der Waals surface area contributed by atoms with Crippen LogP contribution in [0.3, 0.4) is 0 Å². The third kappa shape index (κ3) is 3.99. The van der Waals surface area contributed by atoms with Crippen molar-refractivity contribution >= 4 is 11.6 Å². The first-order valence-corrected chi connectivity index (χ1v) is 9.17. The number of amides is 1. The molecule has 1 aromatic carbocycles. The van der Waals surface area contributed by atoms with Crippen molar-refractivity contribution in [2.24, 2.45) is 0 Å². The van der Waals surface area contributed by atoms with Crippen LogP contribution in [0.15, 0.2) is 36.4 Å². The molecule has 2 aromatic heterocycles. The second-order valence-electron chi connectivity index (χ2n) is 7.87. The van der Waals surface area contributed by atoms with Crippen molar-refractivity contribution < 1.29 is 9.18 Å². The Hall–Kier alpha value is -2.76. The normalized spacial score (nSPS) is 13.0. The minimum Gasteiger partial charge on any atom is -0.348 e. The van der Waals surface area contributed by atoms with Crippen LogP contribution in [0.25, 0.3) is 16.9 Å². The molecule has 1 unspecified atom stereocenters. The largest absolute Gasteiger partial charge is 0.348 e. The van der Waals surface area contributed by atoms with E-state index in [4.69, 9.17) is 0 Å². The van der Waals surface area contributed by atoms with Crippen molar-refractivity contribution in [1.82, 2.24) is 19.9 Å². The second kappa shape index (κ2) is 7.10. The molecular formula is C21H25FN4O. The molecule has 0 saturated carbocycles. The molecule has 27 heavy (non-hydrogen) atoms. The molecule has 3 rings (SSSR count). The third-order valence-electron chi connectivity index (χ3n) is 4.56. The summed E-state index contributed by atoms with van der Waals surface area (Å²) >= 11 is 0. The second-order valence-corrected chi connectivity index (χ2v) is 7.87. The molecule has 0 aliphatic heterocycles. The zero-order chi connectivity index (χ0) is 19.8. The fraction of sp³-hybridized carbons (Fsp3) is 0.381. The van der Waals surface area contributed by atoms with E-state index in [0.29, 0.717) is 17.0 Å². The summed E-state index contributed by atoms with van der Waals surface area (Å²) in [4.78, 5) is 17.5. The van der Waals surface area contributed by atoms with Crippen molar-refractivity contribution in [1.29, 1.82) is 0 Å². The highest BCUT2D eigenvalue weighted by molar-refractivity contribution is 5.94. The van der Waals surface area contributed by atoms with Gasteiger partial charge in [-0.25, -0.2) is 13.9 Å². The third-order valence-corrected chi connectivity index (χ3v) is 4.56. The molecule has 5 nitrogen and oxygen atoms in total. The maximum Gasteiger partial charge on any atom is 0.270 e. The van der Waals surface area contributed by atoms with Crippen LogP contribution in [0.1, 0.15) is 57.2 Å². The van der Waals surface area contributed by atoms with Crippen LogP contribution in [0, 0.1) is 5.82 Å². The van der Waals surface area contributed by atoms with Gasteiger partial charge in [0.25, 0.3) is 5.91 Å². The van der Waals surface area contributed by atoms with E-state index in [0.717, 1.165) is 17.7 Å². The molecular weight excluding hydrogens is 343 g/mol. The molecule has 6 heteroatoms. The average Bonchev–Trinajstić information content (AvgIpc) is 3.05. The summed E-state index contributed by atoms with van der Waals surface area (Å²) in [5.41, 5.74) is 3.04. The molecule has 0 aliphatic rings. The molecule has 0 bridgehead atoms. The highest BCUT2D eigenvalue weighted by Crippen LogP contribution is 2.25. The predicted octanol–water partition coefficient (Wildman–Crippen LogP) is 4.36. The Kier molecular flexibility index (Phi) is 5.00. The van der Waals surface area contributed by atoms with Gasteiger partial charge < -0.3 is 5.32 Å². The lowest BCUT2D eigenvalue weighted by Crippen LogP contribution is -2.33. The number of nitrogens with zero attached hydrogens (tertiary/aromatic N) is 3. The first-order chi connectivity index (χ1) is 12.7. The van der Waals surface area contributed by atoms with E-state index >= 15 is 0 Å². The summed E-state index contributed by atoms with van der Waals surface area (Å²) in [5.74, 6) is -0.516. The number of fused-ring (bicyclic) bond motifs is 1. The zero-order valence-electron chi connectivity index (χ0n) is 16.4. The fourth-order valence-electron chi connectivity index (χ4n) is 2.67. The molecule has 2 heterocycles. The highest BCUT2D eigenvalue weighted by Gasteiger charge is 2.22. The quantitative estimate of drug-likeness (QED) is 0.744. The lowest BCUT2D eigenvalue weighted by Gasteiger charge is -2.14. The molecule has 0 saturated heterocycles. The Morgan fingerprint density at radius 2 is 1.89 bits per heavy atom. The van der Waals surface area contributed by atoms with Crippen molar-refractivity contribution in [3.05, 3.63) is 53.6 Å². The van der Waals surface area contributed by atoms with Gasteiger partial charge in [-0.3, -0.25) is 4.79 Å². The number of nitrogens with one attached hydrogen (secondary N) is 1. The van der Waals surface area contributed by atoms with Gasteiger partial charge in [-0.2, -0.15) is 5.10 Å². The van der Waals surface area contributed by atoms with Gasteiger partial charge in [0.15, 0.2) is 5.65 Å². The van der Waals surface area contributed by atoms with Crippen LogP contribution in [0.4, 0.5) is 4.39 Å². The standard InChI is InChI=1S/C21H25FN4O/c1-6-13(2)23-20(27)17-11-16(14-7-9-15(22)10-8-14)24-19-12-18(21(3,4)5)25-26(17)19/h7-13H,6H2,1-5H3,(H,23,27). The van der Waals surface area contributed by atoms with Crippen molar-refractivity contribution in [3.8, 4) is 11.3 Å². The fourth-order valence-corrected chi connectivity index (χ4v) is 2.67. The average molecular weight is 368 g/mol. The maximum atomic E-state index is 13.3.